The third-order valence-electron chi connectivity index (χ3n) is 3.46. The number of aliphatic hydroxyl groups excluding tert-OH is 1. The highest BCUT2D eigenvalue weighted by molar-refractivity contribution is 5.05. The summed E-state index contributed by atoms with van der Waals surface area (Å²) in [7, 11) is 0. The average Bonchev–Trinajstić information content (AvgIpc) is 2.48. The zero-order valence-electron chi connectivity index (χ0n) is 12.0. The summed E-state index contributed by atoms with van der Waals surface area (Å²) >= 11 is 0. The zero-order valence-corrected chi connectivity index (χ0v) is 12.0. The van der Waals surface area contributed by atoms with Gasteiger partial charge in [-0.25, -0.2) is 0 Å². The van der Waals surface area contributed by atoms with Crippen LogP contribution in [-0.2, 0) is 0 Å². The van der Waals surface area contributed by atoms with E-state index in [9.17, 15) is 0 Å². The number of nitrogens with zero attached hydrogens (tertiary/aromatic N) is 1. The van der Waals surface area contributed by atoms with Crippen LogP contribution in [0, 0.1) is 66.1 Å². The number of hydrogen-bond acceptors (Lipinski definition) is 2. The van der Waals surface area contributed by atoms with Gasteiger partial charge in [0.15, 0.2) is 0 Å². The molecule has 0 amide bonds. The first-order chi connectivity index (χ1) is 9.71. The fourth-order valence-corrected chi connectivity index (χ4v) is 2.14. The molecule has 0 heterocycles. The lowest BCUT2D eigenvalue weighted by molar-refractivity contribution is 0.267. The van der Waals surface area contributed by atoms with Crippen LogP contribution in [0.15, 0.2) is 0 Å². The summed E-state index contributed by atoms with van der Waals surface area (Å²) in [6.45, 7) is 0.134. The number of hydrogen-bond donors (Lipinski definition) is 1. The van der Waals surface area contributed by atoms with E-state index < -0.39 is 0 Å². The molecule has 0 aliphatic rings. The lowest BCUT2D eigenvalue weighted by Gasteiger charge is -2.13. The van der Waals surface area contributed by atoms with E-state index in [1.165, 1.54) is 0 Å². The molecule has 20 heavy (non-hydrogen) atoms. The van der Waals surface area contributed by atoms with E-state index in [-0.39, 0.29) is 24.4 Å². The molecule has 0 aromatic carbocycles. The molecule has 0 aliphatic heterocycles. The Hall–Kier alpha value is -1.87. The smallest absolute Gasteiger partial charge is 0.107 e. The van der Waals surface area contributed by atoms with E-state index in [0.29, 0.717) is 12.8 Å². The monoisotopic (exact) mass is 269 g/mol. The lowest BCUT2D eigenvalue weighted by Crippen LogP contribution is -2.04. The Morgan fingerprint density at radius 1 is 0.800 bits per heavy atom. The normalized spacial score (nSPS) is 14.1. The molecule has 1 unspecified atom stereocenters. The van der Waals surface area contributed by atoms with Crippen molar-refractivity contribution in [2.75, 3.05) is 6.61 Å². The maximum absolute atomic E-state index is 8.87. The topological polar surface area (TPSA) is 44.0 Å². The fourth-order valence-electron chi connectivity index (χ4n) is 2.14. The van der Waals surface area contributed by atoms with Crippen molar-refractivity contribution >= 4 is 0 Å². The van der Waals surface area contributed by atoms with Gasteiger partial charge in [0.2, 0.25) is 0 Å². The second-order valence-electron chi connectivity index (χ2n) is 4.95. The molecule has 3 atom stereocenters. The highest BCUT2D eigenvalue weighted by atomic mass is 16.3. The van der Waals surface area contributed by atoms with Gasteiger partial charge in [0.1, 0.15) is 5.92 Å². The first-order valence-electron chi connectivity index (χ1n) is 7.10. The van der Waals surface area contributed by atoms with Crippen molar-refractivity contribution in [2.45, 2.75) is 44.9 Å². The lowest BCUT2D eigenvalue weighted by atomic mass is 9.91. The Morgan fingerprint density at radius 3 is 1.70 bits per heavy atom. The van der Waals surface area contributed by atoms with E-state index in [2.05, 4.69) is 23.8 Å². The summed E-state index contributed by atoms with van der Waals surface area (Å²) in [5, 5.41) is 17.6. The minimum Gasteiger partial charge on any atom is -0.396 e. The molecular formula is C18H23NO. The Labute approximate surface area is 123 Å². The Balaban J connectivity index is 3.90. The SMILES string of the molecule is C#CC(C#N)CCC[C@H](C#C)CCC[C@H](C#C)CCO. The molecule has 0 spiro atoms. The zero-order chi connectivity index (χ0) is 15.2. The van der Waals surface area contributed by atoms with Crippen molar-refractivity contribution in [3.8, 4) is 43.1 Å². The second kappa shape index (κ2) is 12.2. The first-order valence-corrected chi connectivity index (χ1v) is 7.10. The van der Waals surface area contributed by atoms with Crippen LogP contribution in [0.5, 0.6) is 0 Å². The largest absolute Gasteiger partial charge is 0.396 e. The molecule has 0 saturated heterocycles. The first kappa shape index (κ1) is 18.1. The van der Waals surface area contributed by atoms with Crippen molar-refractivity contribution in [1.82, 2.24) is 0 Å². The van der Waals surface area contributed by atoms with Crippen LogP contribution in [0.2, 0.25) is 0 Å². The number of nitriles is 1. The quantitative estimate of drug-likeness (QED) is 0.620. The summed E-state index contributed by atoms with van der Waals surface area (Å²) in [5.74, 6) is 8.02. The van der Waals surface area contributed by atoms with Gasteiger partial charge in [0.05, 0.1) is 6.07 Å². The van der Waals surface area contributed by atoms with Gasteiger partial charge in [-0.05, 0) is 38.5 Å². The van der Waals surface area contributed by atoms with E-state index in [1.54, 1.807) is 0 Å². The van der Waals surface area contributed by atoms with Crippen LogP contribution in [-0.4, -0.2) is 11.7 Å². The minimum absolute atomic E-state index is 0.134. The van der Waals surface area contributed by atoms with Crippen molar-refractivity contribution < 1.29 is 5.11 Å². The predicted octanol–water partition coefficient (Wildman–Crippen LogP) is 2.98. The van der Waals surface area contributed by atoms with Crippen LogP contribution >= 0.6 is 0 Å². The van der Waals surface area contributed by atoms with Gasteiger partial charge in [-0.1, -0.05) is 12.3 Å². The summed E-state index contributed by atoms with van der Waals surface area (Å²) in [4.78, 5) is 0. The molecule has 0 fully saturated rings. The van der Waals surface area contributed by atoms with Crippen LogP contribution in [0.25, 0.3) is 0 Å². The van der Waals surface area contributed by atoms with Crippen LogP contribution in [0.4, 0.5) is 0 Å². The van der Waals surface area contributed by atoms with Crippen molar-refractivity contribution in [1.29, 1.82) is 5.26 Å². The molecule has 0 aromatic heterocycles. The summed E-state index contributed by atoms with van der Waals surface area (Å²) in [6.07, 6.45) is 22.1. The maximum atomic E-state index is 8.87. The number of aliphatic hydroxyl groups is 1. The van der Waals surface area contributed by atoms with Crippen LogP contribution < -0.4 is 0 Å². The van der Waals surface area contributed by atoms with Gasteiger partial charge < -0.3 is 5.11 Å². The third kappa shape index (κ3) is 8.27. The highest BCUT2D eigenvalue weighted by Gasteiger charge is 2.10. The van der Waals surface area contributed by atoms with E-state index >= 15 is 0 Å². The third-order valence-corrected chi connectivity index (χ3v) is 3.46. The molecule has 106 valence electrons. The highest BCUT2D eigenvalue weighted by Crippen LogP contribution is 2.20. The standard InChI is InChI=1S/C18H23NO/c1-4-16(10-8-12-18(6-3)15-19)9-7-11-17(5-2)13-14-20/h1-3,16-18,20H,7-14H2/t16-,17+,18?/m1/s1. The predicted molar refractivity (Wildman–Crippen MR) is 82.0 cm³/mol. The van der Waals surface area contributed by atoms with E-state index in [0.717, 1.165) is 32.1 Å². The van der Waals surface area contributed by atoms with Crippen molar-refractivity contribution in [3.63, 3.8) is 0 Å². The Bertz CT molecular complexity index is 399. The van der Waals surface area contributed by atoms with Gasteiger partial charge >= 0.3 is 0 Å². The minimum atomic E-state index is -0.302. The van der Waals surface area contributed by atoms with E-state index in [1.807, 2.05) is 0 Å². The molecule has 0 bridgehead atoms. The average molecular weight is 269 g/mol. The second-order valence-corrected chi connectivity index (χ2v) is 4.95. The summed E-state index contributed by atoms with van der Waals surface area (Å²) in [6, 6.07) is 2.09. The molecule has 0 saturated carbocycles. The van der Waals surface area contributed by atoms with Crippen molar-refractivity contribution in [3.05, 3.63) is 0 Å². The fraction of sp³-hybridized carbons (Fsp3) is 0.611. The summed E-state index contributed by atoms with van der Waals surface area (Å²) < 4.78 is 0. The molecule has 2 nitrogen and oxygen atoms in total. The van der Waals surface area contributed by atoms with Gasteiger partial charge in [0.25, 0.3) is 0 Å². The number of terminal acetylenes is 3. The number of rotatable bonds is 10. The molecule has 0 rings (SSSR count). The molecule has 0 radical (unpaired) electrons. The molecule has 0 aliphatic carbocycles. The van der Waals surface area contributed by atoms with E-state index in [4.69, 9.17) is 29.6 Å². The van der Waals surface area contributed by atoms with Gasteiger partial charge in [0, 0.05) is 18.4 Å². The summed E-state index contributed by atoms with van der Waals surface area (Å²) in [5.41, 5.74) is 0. The molecule has 1 N–H and O–H groups in total. The maximum Gasteiger partial charge on any atom is 0.107 e. The van der Waals surface area contributed by atoms with Gasteiger partial charge in [-0.2, -0.15) is 5.26 Å². The Kier molecular flexibility index (Phi) is 11.0. The molecular weight excluding hydrogens is 246 g/mol. The molecule has 2 heteroatoms. The van der Waals surface area contributed by atoms with Crippen LogP contribution in [0.1, 0.15) is 44.9 Å². The Morgan fingerprint density at radius 2 is 1.30 bits per heavy atom. The van der Waals surface area contributed by atoms with Gasteiger partial charge in [-0.15, -0.1) is 31.1 Å². The molecule has 0 aromatic rings. The van der Waals surface area contributed by atoms with Gasteiger partial charge in [-0.3, -0.25) is 0 Å². The van der Waals surface area contributed by atoms with Crippen LogP contribution in [0.3, 0.4) is 0 Å². The van der Waals surface area contributed by atoms with Crippen molar-refractivity contribution in [2.24, 2.45) is 17.8 Å².